The Morgan fingerprint density at radius 2 is 1.90 bits per heavy atom. The van der Waals surface area contributed by atoms with Crippen LogP contribution in [0.2, 0.25) is 0 Å². The Morgan fingerprint density at radius 1 is 1.05 bits per heavy atom. The number of rotatable bonds is 3. The maximum absolute atomic E-state index is 9.50. The van der Waals surface area contributed by atoms with Crippen LogP contribution in [0.5, 0.6) is 5.75 Å². The summed E-state index contributed by atoms with van der Waals surface area (Å²) >= 11 is 1.72. The second kappa shape index (κ2) is 5.66. The van der Waals surface area contributed by atoms with E-state index in [0.29, 0.717) is 0 Å². The molecule has 0 spiro atoms. The molecule has 0 amide bonds. The molecule has 0 aliphatic rings. The molecule has 2 N–H and O–H groups in total. The van der Waals surface area contributed by atoms with Crippen LogP contribution in [0.3, 0.4) is 0 Å². The smallest absolute Gasteiger partial charge is 0.115 e. The molecule has 0 fully saturated rings. The Morgan fingerprint density at radius 3 is 2.67 bits per heavy atom. The summed E-state index contributed by atoms with van der Waals surface area (Å²) in [4.78, 5) is 5.62. The quantitative estimate of drug-likeness (QED) is 0.542. The second-order valence-corrected chi connectivity index (χ2v) is 5.75. The number of phenols is 1. The predicted molar refractivity (Wildman–Crippen MR) is 89.7 cm³/mol. The molecule has 0 aliphatic carbocycles. The highest BCUT2D eigenvalue weighted by Gasteiger charge is 2.05. The first-order chi connectivity index (χ1) is 10.2. The van der Waals surface area contributed by atoms with Gasteiger partial charge in [-0.1, -0.05) is 0 Å². The van der Waals surface area contributed by atoms with E-state index in [1.165, 1.54) is 4.90 Å². The number of thioether (sulfide) groups is 1. The summed E-state index contributed by atoms with van der Waals surface area (Å²) in [6, 6.07) is 13.6. The molecule has 106 valence electrons. The van der Waals surface area contributed by atoms with Crippen LogP contribution in [-0.2, 0) is 0 Å². The lowest BCUT2D eigenvalue weighted by molar-refractivity contribution is 0.475. The number of nitrogens with one attached hydrogen (secondary N) is 1. The fourth-order valence-corrected chi connectivity index (χ4v) is 2.73. The summed E-state index contributed by atoms with van der Waals surface area (Å²) in [5.74, 6) is 0.280. The maximum atomic E-state index is 9.50. The molecule has 0 atom stereocenters. The SMILES string of the molecule is CSc1ccc2nccc(Nc3ccc(O)cc3C)c2c1. The molecule has 0 radical (unpaired) electrons. The number of aromatic hydroxyl groups is 1. The Hall–Kier alpha value is -2.20. The summed E-state index contributed by atoms with van der Waals surface area (Å²) in [6.45, 7) is 1.97. The number of phenolic OH excluding ortho intramolecular Hbond substituents is 1. The van der Waals surface area contributed by atoms with Crippen LogP contribution in [-0.4, -0.2) is 16.3 Å². The second-order valence-electron chi connectivity index (χ2n) is 4.87. The van der Waals surface area contributed by atoms with Crippen molar-refractivity contribution < 1.29 is 5.11 Å². The van der Waals surface area contributed by atoms with E-state index in [0.717, 1.165) is 27.8 Å². The molecular weight excluding hydrogens is 280 g/mol. The summed E-state index contributed by atoms with van der Waals surface area (Å²) in [5.41, 5.74) is 3.97. The van der Waals surface area contributed by atoms with Crippen LogP contribution in [0, 0.1) is 6.92 Å². The van der Waals surface area contributed by atoms with Crippen molar-refractivity contribution in [2.75, 3.05) is 11.6 Å². The highest BCUT2D eigenvalue weighted by Crippen LogP contribution is 2.30. The minimum absolute atomic E-state index is 0.280. The molecule has 0 saturated heterocycles. The molecule has 3 rings (SSSR count). The van der Waals surface area contributed by atoms with Gasteiger partial charge in [-0.05, 0) is 61.2 Å². The molecule has 1 aromatic heterocycles. The Balaban J connectivity index is 2.07. The minimum Gasteiger partial charge on any atom is -0.508 e. The van der Waals surface area contributed by atoms with Crippen LogP contribution in [0.1, 0.15) is 5.56 Å². The van der Waals surface area contributed by atoms with E-state index in [9.17, 15) is 5.11 Å². The first-order valence-electron chi connectivity index (χ1n) is 6.67. The lowest BCUT2D eigenvalue weighted by Gasteiger charge is -2.12. The van der Waals surface area contributed by atoms with Gasteiger partial charge < -0.3 is 10.4 Å². The molecule has 1 heterocycles. The van der Waals surface area contributed by atoms with E-state index in [-0.39, 0.29) is 5.75 Å². The number of nitrogens with zero attached hydrogens (tertiary/aromatic N) is 1. The topological polar surface area (TPSA) is 45.2 Å². The summed E-state index contributed by atoms with van der Waals surface area (Å²) in [7, 11) is 0. The highest BCUT2D eigenvalue weighted by atomic mass is 32.2. The van der Waals surface area contributed by atoms with Crippen molar-refractivity contribution in [2.45, 2.75) is 11.8 Å². The zero-order valence-electron chi connectivity index (χ0n) is 11.9. The number of hydrogen-bond acceptors (Lipinski definition) is 4. The van der Waals surface area contributed by atoms with Gasteiger partial charge in [-0.15, -0.1) is 11.8 Å². The first-order valence-corrected chi connectivity index (χ1v) is 7.89. The molecule has 3 nitrogen and oxygen atoms in total. The van der Waals surface area contributed by atoms with Gasteiger partial charge in [-0.3, -0.25) is 4.98 Å². The van der Waals surface area contributed by atoms with Crippen molar-refractivity contribution in [3.63, 3.8) is 0 Å². The number of anilines is 2. The number of aryl methyl sites for hydroxylation is 1. The van der Waals surface area contributed by atoms with Gasteiger partial charge in [-0.25, -0.2) is 0 Å². The van der Waals surface area contributed by atoms with Gasteiger partial charge in [-0.2, -0.15) is 0 Å². The molecule has 0 unspecified atom stereocenters. The van der Waals surface area contributed by atoms with Gasteiger partial charge in [0.25, 0.3) is 0 Å². The van der Waals surface area contributed by atoms with Crippen molar-refractivity contribution in [2.24, 2.45) is 0 Å². The number of fused-ring (bicyclic) bond motifs is 1. The molecule has 3 aromatic rings. The van der Waals surface area contributed by atoms with Gasteiger partial charge in [0.1, 0.15) is 5.75 Å². The molecule has 21 heavy (non-hydrogen) atoms. The molecule has 4 heteroatoms. The molecule has 2 aromatic carbocycles. The monoisotopic (exact) mass is 296 g/mol. The third-order valence-electron chi connectivity index (χ3n) is 3.43. The Bertz CT molecular complexity index is 802. The largest absolute Gasteiger partial charge is 0.508 e. The lowest BCUT2D eigenvalue weighted by atomic mass is 10.1. The van der Waals surface area contributed by atoms with Gasteiger partial charge in [0.05, 0.1) is 5.52 Å². The van der Waals surface area contributed by atoms with Gasteiger partial charge >= 0.3 is 0 Å². The van der Waals surface area contributed by atoms with Crippen molar-refractivity contribution >= 4 is 34.0 Å². The third-order valence-corrected chi connectivity index (χ3v) is 4.15. The van der Waals surface area contributed by atoms with E-state index in [2.05, 4.69) is 28.7 Å². The van der Waals surface area contributed by atoms with E-state index in [1.54, 1.807) is 30.1 Å². The van der Waals surface area contributed by atoms with Crippen LogP contribution in [0.25, 0.3) is 10.9 Å². The van der Waals surface area contributed by atoms with Gasteiger partial charge in [0, 0.05) is 27.9 Å². The third kappa shape index (κ3) is 2.81. The Kier molecular flexibility index (Phi) is 3.71. The lowest BCUT2D eigenvalue weighted by Crippen LogP contribution is -1.95. The van der Waals surface area contributed by atoms with E-state index < -0.39 is 0 Å². The normalized spacial score (nSPS) is 10.8. The minimum atomic E-state index is 0.280. The average molecular weight is 296 g/mol. The van der Waals surface area contributed by atoms with Crippen molar-refractivity contribution in [3.05, 3.63) is 54.2 Å². The van der Waals surface area contributed by atoms with Gasteiger partial charge in [0.15, 0.2) is 0 Å². The number of aromatic nitrogens is 1. The standard InChI is InChI=1S/C17H16N2OS/c1-11-9-12(20)3-5-15(11)19-17-7-8-18-16-6-4-13(21-2)10-14(16)17/h3-10,20H,1-2H3,(H,18,19). The molecule has 0 bridgehead atoms. The van der Waals surface area contributed by atoms with E-state index >= 15 is 0 Å². The molecule has 0 aliphatic heterocycles. The fourth-order valence-electron chi connectivity index (χ4n) is 2.29. The van der Waals surface area contributed by atoms with E-state index in [4.69, 9.17) is 0 Å². The predicted octanol–water partition coefficient (Wildman–Crippen LogP) is 4.71. The van der Waals surface area contributed by atoms with Crippen molar-refractivity contribution in [1.82, 2.24) is 4.98 Å². The molecular formula is C17H16N2OS. The Labute approximate surface area is 128 Å². The number of benzene rings is 2. The molecule has 0 saturated carbocycles. The first kappa shape index (κ1) is 13.8. The number of pyridine rings is 1. The van der Waals surface area contributed by atoms with Gasteiger partial charge in [0.2, 0.25) is 0 Å². The van der Waals surface area contributed by atoms with Crippen molar-refractivity contribution in [3.8, 4) is 5.75 Å². The fraction of sp³-hybridized carbons (Fsp3) is 0.118. The summed E-state index contributed by atoms with van der Waals surface area (Å²) in [5, 5.41) is 14.0. The number of hydrogen-bond donors (Lipinski definition) is 2. The summed E-state index contributed by atoms with van der Waals surface area (Å²) < 4.78 is 0. The van der Waals surface area contributed by atoms with Crippen LogP contribution in [0.15, 0.2) is 53.6 Å². The average Bonchev–Trinajstić information content (AvgIpc) is 2.50. The highest BCUT2D eigenvalue weighted by molar-refractivity contribution is 7.98. The van der Waals surface area contributed by atoms with Crippen LogP contribution in [0.4, 0.5) is 11.4 Å². The maximum Gasteiger partial charge on any atom is 0.115 e. The van der Waals surface area contributed by atoms with Crippen LogP contribution < -0.4 is 5.32 Å². The van der Waals surface area contributed by atoms with Crippen molar-refractivity contribution in [1.29, 1.82) is 0 Å². The summed E-state index contributed by atoms with van der Waals surface area (Å²) in [6.07, 6.45) is 3.87. The zero-order chi connectivity index (χ0) is 14.8. The van der Waals surface area contributed by atoms with E-state index in [1.807, 2.05) is 25.1 Å². The zero-order valence-corrected chi connectivity index (χ0v) is 12.7. The van der Waals surface area contributed by atoms with Crippen LogP contribution >= 0.6 is 11.8 Å².